The molecule has 0 aliphatic carbocycles. The summed E-state index contributed by atoms with van der Waals surface area (Å²) in [7, 11) is 1.66. The molecule has 5 nitrogen and oxygen atoms in total. The Labute approximate surface area is 162 Å². The SMILES string of the molecule is CCCCCCCCCOc1ccc(/C=N/Nc2ccccn2)cc1OC. The zero-order chi connectivity index (χ0) is 19.2. The molecule has 0 unspecified atom stereocenters. The van der Waals surface area contributed by atoms with E-state index in [2.05, 4.69) is 22.4 Å². The summed E-state index contributed by atoms with van der Waals surface area (Å²) in [5.41, 5.74) is 3.83. The summed E-state index contributed by atoms with van der Waals surface area (Å²) in [5, 5.41) is 4.20. The van der Waals surface area contributed by atoms with Crippen LogP contribution in [0.25, 0.3) is 0 Å². The number of aromatic nitrogens is 1. The third-order valence-corrected chi connectivity index (χ3v) is 4.25. The monoisotopic (exact) mass is 369 g/mol. The minimum Gasteiger partial charge on any atom is -0.493 e. The molecule has 0 aliphatic heterocycles. The summed E-state index contributed by atoms with van der Waals surface area (Å²) in [5.74, 6) is 2.20. The van der Waals surface area contributed by atoms with Crippen LogP contribution < -0.4 is 14.9 Å². The van der Waals surface area contributed by atoms with Crippen molar-refractivity contribution < 1.29 is 9.47 Å². The second-order valence-electron chi connectivity index (χ2n) is 6.47. The van der Waals surface area contributed by atoms with Crippen molar-refractivity contribution in [2.75, 3.05) is 19.1 Å². The van der Waals surface area contributed by atoms with E-state index in [1.807, 2.05) is 36.4 Å². The Morgan fingerprint density at radius 3 is 2.56 bits per heavy atom. The van der Waals surface area contributed by atoms with Gasteiger partial charge in [0, 0.05) is 6.20 Å². The molecule has 2 aromatic rings. The lowest BCUT2D eigenvalue weighted by Crippen LogP contribution is -2.00. The Morgan fingerprint density at radius 1 is 1.00 bits per heavy atom. The molecule has 0 bridgehead atoms. The standard InChI is InChI=1S/C22H31N3O2/c1-3-4-5-6-7-8-11-16-27-20-14-13-19(17-21(20)26-2)18-24-25-22-12-9-10-15-23-22/h9-10,12-15,17-18H,3-8,11,16H2,1-2H3,(H,23,25)/b24-18+. The molecule has 0 fully saturated rings. The fraction of sp³-hybridized carbons (Fsp3) is 0.455. The van der Waals surface area contributed by atoms with Gasteiger partial charge in [0.15, 0.2) is 11.5 Å². The molecule has 0 saturated heterocycles. The second-order valence-corrected chi connectivity index (χ2v) is 6.47. The molecule has 0 aliphatic rings. The van der Waals surface area contributed by atoms with Crippen LogP contribution in [-0.2, 0) is 0 Å². The molecule has 1 N–H and O–H groups in total. The summed E-state index contributed by atoms with van der Waals surface area (Å²) >= 11 is 0. The van der Waals surface area contributed by atoms with Gasteiger partial charge in [-0.3, -0.25) is 5.43 Å². The molecular formula is C22H31N3O2. The lowest BCUT2D eigenvalue weighted by molar-refractivity contribution is 0.284. The highest BCUT2D eigenvalue weighted by Crippen LogP contribution is 2.27. The van der Waals surface area contributed by atoms with Crippen LogP contribution >= 0.6 is 0 Å². The third kappa shape index (κ3) is 8.11. The van der Waals surface area contributed by atoms with Crippen LogP contribution in [-0.4, -0.2) is 24.9 Å². The van der Waals surface area contributed by atoms with Crippen molar-refractivity contribution in [1.29, 1.82) is 0 Å². The number of ether oxygens (including phenoxy) is 2. The van der Waals surface area contributed by atoms with Crippen molar-refractivity contribution in [3.63, 3.8) is 0 Å². The average Bonchev–Trinajstić information content (AvgIpc) is 2.71. The Balaban J connectivity index is 1.76. The van der Waals surface area contributed by atoms with Crippen LogP contribution in [0.3, 0.4) is 0 Å². The van der Waals surface area contributed by atoms with Gasteiger partial charge in [0.05, 0.1) is 19.9 Å². The maximum absolute atomic E-state index is 5.89. The largest absolute Gasteiger partial charge is 0.493 e. The van der Waals surface area contributed by atoms with Crippen molar-refractivity contribution in [3.05, 3.63) is 48.2 Å². The molecule has 0 saturated carbocycles. The number of methoxy groups -OCH3 is 1. The first kappa shape index (κ1) is 20.7. The number of rotatable bonds is 13. The van der Waals surface area contributed by atoms with E-state index in [-0.39, 0.29) is 0 Å². The predicted molar refractivity (Wildman–Crippen MR) is 112 cm³/mol. The Hall–Kier alpha value is -2.56. The Bertz CT molecular complexity index is 675. The molecule has 0 radical (unpaired) electrons. The molecule has 0 amide bonds. The van der Waals surface area contributed by atoms with Crippen molar-refractivity contribution in [3.8, 4) is 11.5 Å². The first-order valence-corrected chi connectivity index (χ1v) is 9.84. The molecule has 146 valence electrons. The van der Waals surface area contributed by atoms with Gasteiger partial charge in [-0.05, 0) is 42.3 Å². The fourth-order valence-corrected chi connectivity index (χ4v) is 2.73. The minimum atomic E-state index is 0.704. The predicted octanol–water partition coefficient (Wildman–Crippen LogP) is 5.67. The highest BCUT2D eigenvalue weighted by atomic mass is 16.5. The van der Waals surface area contributed by atoms with E-state index in [4.69, 9.17) is 9.47 Å². The lowest BCUT2D eigenvalue weighted by atomic mass is 10.1. The number of nitrogens with zero attached hydrogens (tertiary/aromatic N) is 2. The molecular weight excluding hydrogens is 338 g/mol. The van der Waals surface area contributed by atoms with E-state index < -0.39 is 0 Å². The average molecular weight is 370 g/mol. The molecule has 1 heterocycles. The quantitative estimate of drug-likeness (QED) is 0.281. The van der Waals surface area contributed by atoms with Gasteiger partial charge < -0.3 is 9.47 Å². The smallest absolute Gasteiger partial charge is 0.161 e. The highest BCUT2D eigenvalue weighted by molar-refractivity contribution is 5.81. The number of hydrogen-bond donors (Lipinski definition) is 1. The number of unbranched alkanes of at least 4 members (excludes halogenated alkanes) is 6. The highest BCUT2D eigenvalue weighted by Gasteiger charge is 2.05. The summed E-state index contributed by atoms with van der Waals surface area (Å²) in [6.07, 6.45) is 12.4. The maximum atomic E-state index is 5.89. The van der Waals surface area contributed by atoms with Crippen molar-refractivity contribution >= 4 is 12.0 Å². The molecule has 2 rings (SSSR count). The molecule has 27 heavy (non-hydrogen) atoms. The summed E-state index contributed by atoms with van der Waals surface area (Å²) in [6, 6.07) is 11.5. The number of anilines is 1. The van der Waals surface area contributed by atoms with Gasteiger partial charge >= 0.3 is 0 Å². The van der Waals surface area contributed by atoms with Crippen LogP contribution in [0, 0.1) is 0 Å². The van der Waals surface area contributed by atoms with Crippen LogP contribution in [0.1, 0.15) is 57.4 Å². The van der Waals surface area contributed by atoms with Crippen molar-refractivity contribution in [1.82, 2.24) is 4.98 Å². The molecule has 1 aromatic heterocycles. The lowest BCUT2D eigenvalue weighted by Gasteiger charge is -2.11. The van der Waals surface area contributed by atoms with E-state index in [1.54, 1.807) is 19.5 Å². The third-order valence-electron chi connectivity index (χ3n) is 4.25. The van der Waals surface area contributed by atoms with E-state index in [1.165, 1.54) is 38.5 Å². The molecule has 1 aromatic carbocycles. The van der Waals surface area contributed by atoms with Gasteiger partial charge in [-0.25, -0.2) is 4.98 Å². The number of hydrogen-bond acceptors (Lipinski definition) is 5. The number of nitrogens with one attached hydrogen (secondary N) is 1. The molecule has 0 spiro atoms. The minimum absolute atomic E-state index is 0.704. The van der Waals surface area contributed by atoms with Gasteiger partial charge in [0.2, 0.25) is 0 Å². The second kappa shape index (κ2) is 12.7. The van der Waals surface area contributed by atoms with Crippen LogP contribution in [0.2, 0.25) is 0 Å². The van der Waals surface area contributed by atoms with Crippen LogP contribution in [0.5, 0.6) is 11.5 Å². The number of benzene rings is 1. The van der Waals surface area contributed by atoms with Crippen LogP contribution in [0.4, 0.5) is 5.82 Å². The van der Waals surface area contributed by atoms with Gasteiger partial charge in [0.1, 0.15) is 5.82 Å². The molecule has 0 atom stereocenters. The van der Waals surface area contributed by atoms with Gasteiger partial charge in [-0.15, -0.1) is 0 Å². The Morgan fingerprint density at radius 2 is 1.81 bits per heavy atom. The molecule has 5 heteroatoms. The van der Waals surface area contributed by atoms with Crippen LogP contribution in [0.15, 0.2) is 47.7 Å². The van der Waals surface area contributed by atoms with Gasteiger partial charge in [0.25, 0.3) is 0 Å². The first-order chi connectivity index (χ1) is 13.3. The first-order valence-electron chi connectivity index (χ1n) is 9.84. The normalized spacial score (nSPS) is 10.9. The summed E-state index contributed by atoms with van der Waals surface area (Å²) in [4.78, 5) is 4.16. The van der Waals surface area contributed by atoms with E-state index >= 15 is 0 Å². The summed E-state index contributed by atoms with van der Waals surface area (Å²) < 4.78 is 11.3. The van der Waals surface area contributed by atoms with Gasteiger partial charge in [-0.2, -0.15) is 5.10 Å². The zero-order valence-electron chi connectivity index (χ0n) is 16.5. The Kier molecular flexibility index (Phi) is 9.79. The fourth-order valence-electron chi connectivity index (χ4n) is 2.73. The summed E-state index contributed by atoms with van der Waals surface area (Å²) in [6.45, 7) is 2.97. The maximum Gasteiger partial charge on any atom is 0.161 e. The van der Waals surface area contributed by atoms with Crippen molar-refractivity contribution in [2.45, 2.75) is 51.9 Å². The topological polar surface area (TPSA) is 55.7 Å². The number of hydrazone groups is 1. The van der Waals surface area contributed by atoms with E-state index in [9.17, 15) is 0 Å². The number of pyridine rings is 1. The van der Waals surface area contributed by atoms with E-state index in [0.29, 0.717) is 5.82 Å². The van der Waals surface area contributed by atoms with E-state index in [0.717, 1.165) is 30.1 Å². The zero-order valence-corrected chi connectivity index (χ0v) is 16.5. The van der Waals surface area contributed by atoms with Gasteiger partial charge in [-0.1, -0.05) is 51.5 Å². The van der Waals surface area contributed by atoms with Crippen molar-refractivity contribution in [2.24, 2.45) is 5.10 Å².